The Morgan fingerprint density at radius 1 is 0.554 bits per heavy atom. The third-order valence-corrected chi connectivity index (χ3v) is 20.9. The van der Waals surface area contributed by atoms with Gasteiger partial charge in [-0.25, -0.2) is 4.39 Å². The van der Waals surface area contributed by atoms with E-state index in [9.17, 15) is 0 Å². The third-order valence-electron chi connectivity index (χ3n) is 19.7. The van der Waals surface area contributed by atoms with Gasteiger partial charge in [0.1, 0.15) is 5.82 Å². The number of anilines is 5. The molecule has 3 aliphatic carbocycles. The molecule has 2 nitrogen and oxygen atoms in total. The molecular weight excluding hydrogens is 919 g/mol. The van der Waals surface area contributed by atoms with Gasteiger partial charge < -0.3 is 9.80 Å². The molecule has 0 atom stereocenters. The van der Waals surface area contributed by atoms with Crippen molar-refractivity contribution in [2.75, 3.05) is 16.3 Å². The van der Waals surface area contributed by atoms with Gasteiger partial charge >= 0.3 is 0 Å². The standard InChI is InChI=1S/C69H80BFN2S/c1-41-33-57-60-58(34-41)73(44-23-21-43(22-24-44)63(2,3)4)61-47-37-50-53(69(15,16)31-28-66(50,9)10)40-59(47)74-62(61)70(60)54-38-51-52(68(13,14)30-29-67(51,11)12)39-56(54)72(57)32-25-42-35-48-49(65(7,8)27-26-64(48,5)6)36-46(42)45-19-17-18-20-55(45)71/h17-24,33-40H,25-32H2,1-16H3. The highest BCUT2D eigenvalue weighted by Crippen LogP contribution is 2.54. The van der Waals surface area contributed by atoms with Crippen LogP contribution in [0, 0.1) is 12.7 Å². The van der Waals surface area contributed by atoms with E-state index in [0.29, 0.717) is 5.56 Å². The molecule has 0 unspecified atom stereocenters. The van der Waals surface area contributed by atoms with E-state index in [2.05, 4.69) is 205 Å². The van der Waals surface area contributed by atoms with Gasteiger partial charge in [0, 0.05) is 49.7 Å². The summed E-state index contributed by atoms with van der Waals surface area (Å²) >= 11 is 2.05. The zero-order chi connectivity index (χ0) is 52.6. The molecule has 0 radical (unpaired) electrons. The van der Waals surface area contributed by atoms with E-state index in [1.54, 1.807) is 6.07 Å². The van der Waals surface area contributed by atoms with E-state index in [0.717, 1.165) is 44.2 Å². The first-order valence-corrected chi connectivity index (χ1v) is 29.0. The first-order chi connectivity index (χ1) is 34.6. The second kappa shape index (κ2) is 16.2. The fourth-order valence-electron chi connectivity index (χ4n) is 14.5. The lowest BCUT2D eigenvalue weighted by molar-refractivity contribution is 0.331. The zero-order valence-electron chi connectivity index (χ0n) is 47.7. The fraction of sp³-hybridized carbons (Fsp3) is 0.449. The molecule has 2 aliphatic heterocycles. The van der Waals surface area contributed by atoms with Crippen molar-refractivity contribution in [3.05, 3.63) is 153 Å². The number of hydrogen-bond donors (Lipinski definition) is 0. The predicted molar refractivity (Wildman–Crippen MR) is 319 cm³/mol. The molecular formula is C69H80BFN2S. The lowest BCUT2D eigenvalue weighted by Gasteiger charge is -2.47. The van der Waals surface area contributed by atoms with Crippen LogP contribution in [-0.2, 0) is 44.3 Å². The van der Waals surface area contributed by atoms with Gasteiger partial charge in [-0.3, -0.25) is 0 Å². The van der Waals surface area contributed by atoms with Gasteiger partial charge in [0.05, 0.1) is 5.69 Å². The molecule has 0 bridgehead atoms. The van der Waals surface area contributed by atoms with Gasteiger partial charge in [0.15, 0.2) is 0 Å². The number of thiophene rings is 1. The van der Waals surface area contributed by atoms with E-state index < -0.39 is 0 Å². The Labute approximate surface area is 448 Å². The predicted octanol–water partition coefficient (Wildman–Crippen LogP) is 17.4. The average Bonchev–Trinajstić information content (AvgIpc) is 3.75. The summed E-state index contributed by atoms with van der Waals surface area (Å²) in [6.45, 7) is 39.5. The van der Waals surface area contributed by atoms with Crippen molar-refractivity contribution in [2.45, 2.75) is 194 Å². The Balaban J connectivity index is 1.13. The van der Waals surface area contributed by atoms with Crippen molar-refractivity contribution in [3.63, 3.8) is 0 Å². The third kappa shape index (κ3) is 7.56. The number of benzene rings is 6. The topological polar surface area (TPSA) is 6.48 Å². The molecule has 0 fully saturated rings. The van der Waals surface area contributed by atoms with Gasteiger partial charge in [0.2, 0.25) is 0 Å². The Bertz CT molecular complexity index is 3480. The fourth-order valence-corrected chi connectivity index (χ4v) is 15.8. The summed E-state index contributed by atoms with van der Waals surface area (Å²) in [5.74, 6) is -0.153. The molecule has 5 aliphatic rings. The summed E-state index contributed by atoms with van der Waals surface area (Å²) in [4.78, 5) is 5.40. The number of rotatable bonds is 5. The normalized spacial score (nSPS) is 20.0. The van der Waals surface area contributed by atoms with E-state index in [-0.39, 0.29) is 50.4 Å². The van der Waals surface area contributed by atoms with E-state index in [4.69, 9.17) is 0 Å². The summed E-state index contributed by atoms with van der Waals surface area (Å²) in [7, 11) is 0. The van der Waals surface area contributed by atoms with Crippen LogP contribution in [0.2, 0.25) is 0 Å². The summed E-state index contributed by atoms with van der Waals surface area (Å²) in [5.41, 5.74) is 24.0. The maximum Gasteiger partial charge on any atom is 0.264 e. The molecule has 0 amide bonds. The molecule has 0 saturated carbocycles. The lowest BCUT2D eigenvalue weighted by Crippen LogP contribution is -2.61. The lowest BCUT2D eigenvalue weighted by atomic mass is 9.35. The minimum absolute atomic E-state index is 0.000632. The molecule has 0 N–H and O–H groups in total. The number of fused-ring (bicyclic) bond motifs is 9. The Morgan fingerprint density at radius 3 is 1.65 bits per heavy atom. The zero-order valence-corrected chi connectivity index (χ0v) is 48.5. The van der Waals surface area contributed by atoms with E-state index in [1.807, 2.05) is 18.2 Å². The van der Waals surface area contributed by atoms with Crippen LogP contribution in [0.15, 0.2) is 97.1 Å². The van der Waals surface area contributed by atoms with Crippen molar-refractivity contribution in [3.8, 4) is 11.1 Å². The Morgan fingerprint density at radius 2 is 1.07 bits per heavy atom. The number of nitrogens with zero attached hydrogens (tertiary/aromatic N) is 2. The van der Waals surface area contributed by atoms with Crippen molar-refractivity contribution in [1.82, 2.24) is 0 Å². The molecule has 74 heavy (non-hydrogen) atoms. The molecule has 1 aromatic heterocycles. The first kappa shape index (κ1) is 49.7. The first-order valence-electron chi connectivity index (χ1n) is 28.1. The Hall–Kier alpha value is -5.13. The maximum atomic E-state index is 16.3. The van der Waals surface area contributed by atoms with E-state index in [1.165, 1.54) is 117 Å². The van der Waals surface area contributed by atoms with Crippen molar-refractivity contribution >= 4 is 72.3 Å². The van der Waals surface area contributed by atoms with Gasteiger partial charge in [-0.2, -0.15) is 0 Å². The summed E-state index contributed by atoms with van der Waals surface area (Å²) in [6, 6.07) is 37.5. The molecule has 3 heterocycles. The van der Waals surface area contributed by atoms with Gasteiger partial charge in [-0.05, 0) is 211 Å². The van der Waals surface area contributed by atoms with Crippen LogP contribution in [0.3, 0.4) is 0 Å². The van der Waals surface area contributed by atoms with Crippen LogP contribution in [0.5, 0.6) is 0 Å². The van der Waals surface area contributed by atoms with Crippen LogP contribution in [0.25, 0.3) is 21.2 Å². The summed E-state index contributed by atoms with van der Waals surface area (Å²) in [5, 5.41) is 1.38. The van der Waals surface area contributed by atoms with Crippen LogP contribution in [-0.4, -0.2) is 13.3 Å². The highest BCUT2D eigenvalue weighted by atomic mass is 32.1. The second-order valence-corrected chi connectivity index (χ2v) is 29.8. The van der Waals surface area contributed by atoms with Gasteiger partial charge in [-0.1, -0.05) is 146 Å². The summed E-state index contributed by atoms with van der Waals surface area (Å²) in [6.07, 6.45) is 7.71. The van der Waals surface area contributed by atoms with Crippen molar-refractivity contribution in [1.29, 1.82) is 0 Å². The minimum atomic E-state index is -0.153. The van der Waals surface area contributed by atoms with Crippen LogP contribution in [0.1, 0.15) is 192 Å². The molecule has 7 aromatic rings. The largest absolute Gasteiger partial charge is 0.342 e. The monoisotopic (exact) mass is 999 g/mol. The number of aryl methyl sites for hydroxylation is 1. The van der Waals surface area contributed by atoms with Gasteiger partial charge in [-0.15, -0.1) is 11.3 Å². The highest BCUT2D eigenvalue weighted by molar-refractivity contribution is 7.33. The second-order valence-electron chi connectivity index (χ2n) is 28.7. The molecule has 6 aromatic carbocycles. The highest BCUT2D eigenvalue weighted by Gasteiger charge is 2.49. The average molecular weight is 999 g/mol. The molecule has 5 heteroatoms. The molecule has 0 saturated heterocycles. The summed E-state index contributed by atoms with van der Waals surface area (Å²) < 4.78 is 19.1. The Kier molecular flexibility index (Phi) is 10.9. The molecule has 0 spiro atoms. The van der Waals surface area contributed by atoms with Crippen molar-refractivity contribution in [2.24, 2.45) is 0 Å². The maximum absolute atomic E-state index is 16.3. The van der Waals surface area contributed by atoms with E-state index >= 15 is 4.39 Å². The quantitative estimate of drug-likeness (QED) is 0.159. The SMILES string of the molecule is Cc1cc2c3c(c1)N(c1ccc(C(C)(C)C)cc1)c1c(sc4cc5c(cc14)C(C)(C)CCC5(C)C)B3c1cc3c(cc1N2CCc1cc2c(cc1-c1ccccc1F)C(C)(C)CCC2(C)C)C(C)(C)CCC3(C)C. The minimum Gasteiger partial charge on any atom is -0.342 e. The molecule has 12 rings (SSSR count). The van der Waals surface area contributed by atoms with Crippen LogP contribution >= 0.6 is 11.3 Å². The smallest absolute Gasteiger partial charge is 0.264 e. The van der Waals surface area contributed by atoms with Crippen molar-refractivity contribution < 1.29 is 4.39 Å². The number of halogens is 1. The molecule has 382 valence electrons. The van der Waals surface area contributed by atoms with Crippen LogP contribution in [0.4, 0.5) is 32.8 Å². The van der Waals surface area contributed by atoms with Gasteiger partial charge in [0.25, 0.3) is 6.71 Å². The van der Waals surface area contributed by atoms with Crippen LogP contribution < -0.4 is 25.5 Å². The number of hydrogen-bond acceptors (Lipinski definition) is 3.